The Bertz CT molecular complexity index is 719. The van der Waals surface area contributed by atoms with Crippen LogP contribution in [0, 0.1) is 11.8 Å². The van der Waals surface area contributed by atoms with Gasteiger partial charge in [-0.05, 0) is 70.9 Å². The fourth-order valence-electron chi connectivity index (χ4n) is 6.42. The second-order valence-electron chi connectivity index (χ2n) is 14.4. The molecule has 6 heteroatoms. The van der Waals surface area contributed by atoms with Crippen LogP contribution >= 0.6 is 0 Å². The Morgan fingerprint density at radius 1 is 0.571 bits per heavy atom. The molecule has 0 spiro atoms. The number of carbonyl (C=O) groups is 1. The summed E-state index contributed by atoms with van der Waals surface area (Å²) >= 11 is 0. The summed E-state index contributed by atoms with van der Waals surface area (Å²) < 4.78 is 11.4. The second-order valence-corrected chi connectivity index (χ2v) is 14.4. The third-order valence-corrected chi connectivity index (χ3v) is 9.61. The molecule has 0 bridgehead atoms. The van der Waals surface area contributed by atoms with Crippen molar-refractivity contribution >= 4 is 5.97 Å². The molecule has 0 saturated heterocycles. The standard InChI is InChI=1S/C43H83NO5/c1-4-7-10-13-17-24-32-41(33-25-18-14-11-8-5-2)49-43(47)35-27-20-16-22-29-37-44(38-31-39-45)36-28-21-15-19-26-34-42(46)48-40-30-23-12-9-6-3/h41,43,45,47H,4-22,24-29,31-40H2,1-3H3. The highest BCUT2D eigenvalue weighted by Crippen LogP contribution is 2.20. The minimum Gasteiger partial charge on any atom is -0.452 e. The average molecular weight is 694 g/mol. The van der Waals surface area contributed by atoms with Gasteiger partial charge in [-0.15, -0.1) is 0 Å². The third-order valence-electron chi connectivity index (χ3n) is 9.61. The van der Waals surface area contributed by atoms with E-state index in [1.807, 2.05) is 0 Å². The molecule has 0 aromatic heterocycles. The molecule has 0 fully saturated rings. The molecule has 290 valence electrons. The topological polar surface area (TPSA) is 79.2 Å². The van der Waals surface area contributed by atoms with E-state index in [9.17, 15) is 15.0 Å². The molecule has 1 atom stereocenters. The van der Waals surface area contributed by atoms with E-state index in [4.69, 9.17) is 9.47 Å². The van der Waals surface area contributed by atoms with Gasteiger partial charge in [0.05, 0.1) is 6.10 Å². The van der Waals surface area contributed by atoms with Gasteiger partial charge in [-0.1, -0.05) is 155 Å². The van der Waals surface area contributed by atoms with Crippen LogP contribution in [0.3, 0.4) is 0 Å². The van der Waals surface area contributed by atoms with E-state index < -0.39 is 6.29 Å². The molecule has 0 aliphatic rings. The summed E-state index contributed by atoms with van der Waals surface area (Å²) in [4.78, 5) is 14.4. The van der Waals surface area contributed by atoms with Gasteiger partial charge in [-0.3, -0.25) is 4.79 Å². The van der Waals surface area contributed by atoms with Gasteiger partial charge in [-0.25, -0.2) is 0 Å². The molecule has 49 heavy (non-hydrogen) atoms. The molecule has 0 rings (SSSR count). The molecule has 2 N–H and O–H groups in total. The zero-order valence-corrected chi connectivity index (χ0v) is 33.0. The van der Waals surface area contributed by atoms with Crippen molar-refractivity contribution in [3.8, 4) is 11.8 Å². The van der Waals surface area contributed by atoms with E-state index in [2.05, 4.69) is 37.5 Å². The first-order valence-electron chi connectivity index (χ1n) is 21.3. The zero-order chi connectivity index (χ0) is 35.9. The third kappa shape index (κ3) is 36.5. The molecule has 6 nitrogen and oxygen atoms in total. The van der Waals surface area contributed by atoms with E-state index in [1.165, 1.54) is 109 Å². The van der Waals surface area contributed by atoms with Gasteiger partial charge in [0.25, 0.3) is 0 Å². The Morgan fingerprint density at radius 3 is 1.59 bits per heavy atom. The number of aliphatic hydroxyl groups is 2. The Hall–Kier alpha value is -1.13. The van der Waals surface area contributed by atoms with Crippen LogP contribution in [0.15, 0.2) is 0 Å². The molecule has 0 aliphatic carbocycles. The molecule has 0 aromatic carbocycles. The summed E-state index contributed by atoms with van der Waals surface area (Å²) in [5.74, 6) is 5.84. The van der Waals surface area contributed by atoms with Gasteiger partial charge in [0.1, 0.15) is 0 Å². The van der Waals surface area contributed by atoms with Gasteiger partial charge < -0.3 is 24.6 Å². The monoisotopic (exact) mass is 694 g/mol. The quantitative estimate of drug-likeness (QED) is 0.0290. The summed E-state index contributed by atoms with van der Waals surface area (Å²) in [6, 6.07) is 0. The second kappa shape index (κ2) is 39.7. The summed E-state index contributed by atoms with van der Waals surface area (Å²) in [6.45, 7) is 10.3. The Kier molecular flexibility index (Phi) is 38.7. The predicted molar refractivity (Wildman–Crippen MR) is 209 cm³/mol. The van der Waals surface area contributed by atoms with Crippen LogP contribution in [-0.2, 0) is 14.3 Å². The van der Waals surface area contributed by atoms with E-state index >= 15 is 0 Å². The molecule has 0 aromatic rings. The summed E-state index contributed by atoms with van der Waals surface area (Å²) in [6.07, 6.45) is 33.9. The maximum absolute atomic E-state index is 11.9. The Balaban J connectivity index is 4.08. The lowest BCUT2D eigenvalue weighted by molar-refractivity contribution is -0.144. The van der Waals surface area contributed by atoms with E-state index in [-0.39, 0.29) is 25.3 Å². The Morgan fingerprint density at radius 2 is 1.04 bits per heavy atom. The van der Waals surface area contributed by atoms with Gasteiger partial charge in [0, 0.05) is 26.0 Å². The largest absolute Gasteiger partial charge is 0.452 e. The SMILES string of the molecule is CCCCC#CCOC(=O)CCCCCCCN(CCCO)CCCCCCCC(O)OC(CCCCCCCC)CCCCCCCC. The van der Waals surface area contributed by atoms with E-state index in [1.54, 1.807) is 0 Å². The highest BCUT2D eigenvalue weighted by Gasteiger charge is 2.15. The number of hydrogen-bond donors (Lipinski definition) is 2. The van der Waals surface area contributed by atoms with E-state index in [0.29, 0.717) is 6.42 Å². The summed E-state index contributed by atoms with van der Waals surface area (Å²) in [5.41, 5.74) is 0. The van der Waals surface area contributed by atoms with Crippen molar-refractivity contribution in [3.05, 3.63) is 0 Å². The number of hydrogen-bond acceptors (Lipinski definition) is 6. The van der Waals surface area contributed by atoms with Crippen molar-refractivity contribution in [2.75, 3.05) is 32.8 Å². The molecular weight excluding hydrogens is 610 g/mol. The van der Waals surface area contributed by atoms with Crippen molar-refractivity contribution in [3.63, 3.8) is 0 Å². The average Bonchev–Trinajstić information content (AvgIpc) is 3.10. The molecule has 0 heterocycles. The molecule has 0 amide bonds. The van der Waals surface area contributed by atoms with Gasteiger partial charge >= 0.3 is 5.97 Å². The predicted octanol–water partition coefficient (Wildman–Crippen LogP) is 11.3. The van der Waals surface area contributed by atoms with Crippen LogP contribution < -0.4 is 0 Å². The lowest BCUT2D eigenvalue weighted by Crippen LogP contribution is -2.27. The van der Waals surface area contributed by atoms with Crippen LogP contribution in [0.25, 0.3) is 0 Å². The maximum atomic E-state index is 11.9. The highest BCUT2D eigenvalue weighted by atomic mass is 16.6. The van der Waals surface area contributed by atoms with Crippen LogP contribution in [0.5, 0.6) is 0 Å². The highest BCUT2D eigenvalue weighted by molar-refractivity contribution is 5.69. The number of carbonyl (C=O) groups excluding carboxylic acids is 1. The first kappa shape index (κ1) is 47.9. The zero-order valence-electron chi connectivity index (χ0n) is 33.0. The van der Waals surface area contributed by atoms with Crippen LogP contribution in [-0.4, -0.2) is 66.3 Å². The first-order valence-corrected chi connectivity index (χ1v) is 21.3. The van der Waals surface area contributed by atoms with Crippen molar-refractivity contribution in [1.82, 2.24) is 4.90 Å². The van der Waals surface area contributed by atoms with Crippen molar-refractivity contribution < 1.29 is 24.5 Å². The summed E-state index contributed by atoms with van der Waals surface area (Å²) in [5, 5.41) is 20.0. The lowest BCUT2D eigenvalue weighted by atomic mass is 10.0. The number of ether oxygens (including phenoxy) is 2. The lowest BCUT2D eigenvalue weighted by Gasteiger charge is -2.22. The molecular formula is C43H83NO5. The minimum absolute atomic E-state index is 0.129. The minimum atomic E-state index is -0.618. The number of rotatable bonds is 38. The molecule has 1 unspecified atom stereocenters. The van der Waals surface area contributed by atoms with Gasteiger partial charge in [0.2, 0.25) is 0 Å². The molecule has 0 radical (unpaired) electrons. The molecule has 0 saturated carbocycles. The normalized spacial score (nSPS) is 12.1. The van der Waals surface area contributed by atoms with Gasteiger partial charge in [0.15, 0.2) is 12.9 Å². The van der Waals surface area contributed by atoms with Crippen molar-refractivity contribution in [2.24, 2.45) is 0 Å². The number of aliphatic hydroxyl groups excluding tert-OH is 2. The maximum Gasteiger partial charge on any atom is 0.306 e. The smallest absolute Gasteiger partial charge is 0.306 e. The van der Waals surface area contributed by atoms with Crippen LogP contribution in [0.1, 0.15) is 213 Å². The van der Waals surface area contributed by atoms with Crippen LogP contribution in [0.2, 0.25) is 0 Å². The Labute approximate surface area is 305 Å². The first-order chi connectivity index (χ1) is 24.1. The fourth-order valence-corrected chi connectivity index (χ4v) is 6.42. The van der Waals surface area contributed by atoms with Gasteiger partial charge in [-0.2, -0.15) is 0 Å². The van der Waals surface area contributed by atoms with E-state index in [0.717, 1.165) is 96.7 Å². The van der Waals surface area contributed by atoms with Crippen molar-refractivity contribution in [2.45, 2.75) is 226 Å². The fraction of sp³-hybridized carbons (Fsp3) is 0.930. The number of unbranched alkanes of at least 4 members (excludes halogenated alkanes) is 20. The van der Waals surface area contributed by atoms with Crippen LogP contribution in [0.4, 0.5) is 0 Å². The van der Waals surface area contributed by atoms with Crippen molar-refractivity contribution in [1.29, 1.82) is 0 Å². The summed E-state index contributed by atoms with van der Waals surface area (Å²) in [7, 11) is 0. The number of esters is 1. The number of nitrogens with zero attached hydrogens (tertiary/aromatic N) is 1. The molecule has 0 aliphatic heterocycles.